The molecule has 1 aliphatic rings. The summed E-state index contributed by atoms with van der Waals surface area (Å²) in [6.45, 7) is 3.55. The fourth-order valence-electron chi connectivity index (χ4n) is 3.16. The zero-order valence-electron chi connectivity index (χ0n) is 13.2. The molecule has 0 heterocycles. The monoisotopic (exact) mass is 327 g/mol. The fraction of sp³-hybridized carbons (Fsp3) is 0.625. The van der Waals surface area contributed by atoms with Gasteiger partial charge in [0.2, 0.25) is 10.0 Å². The summed E-state index contributed by atoms with van der Waals surface area (Å²) in [5.74, 6) is -0.229. The van der Waals surface area contributed by atoms with E-state index in [1.165, 1.54) is 18.6 Å². The van der Waals surface area contributed by atoms with Gasteiger partial charge in [-0.2, -0.15) is 0 Å². The molecule has 22 heavy (non-hydrogen) atoms. The Bertz CT molecular complexity index is 619. The molecule has 0 atom stereocenters. The van der Waals surface area contributed by atoms with Crippen molar-refractivity contribution >= 4 is 10.0 Å². The van der Waals surface area contributed by atoms with E-state index in [9.17, 15) is 18.6 Å². The summed E-state index contributed by atoms with van der Waals surface area (Å²) in [4.78, 5) is 0. The molecule has 0 aliphatic heterocycles. The molecule has 1 aromatic carbocycles. The molecule has 0 amide bonds. The van der Waals surface area contributed by atoms with Crippen molar-refractivity contribution in [3.63, 3.8) is 0 Å². The van der Waals surface area contributed by atoms with Crippen LogP contribution >= 0.6 is 0 Å². The summed E-state index contributed by atoms with van der Waals surface area (Å²) >= 11 is 0. The van der Waals surface area contributed by atoms with Crippen molar-refractivity contribution < 1.29 is 18.6 Å². The van der Waals surface area contributed by atoms with E-state index in [1.54, 1.807) is 19.9 Å². The number of phenolic OH excluding ortho intramolecular Hbond substituents is 2. The van der Waals surface area contributed by atoms with E-state index in [1.807, 2.05) is 0 Å². The third-order valence-electron chi connectivity index (χ3n) is 4.21. The standard InChI is InChI=1S/C16H25NO4S/c1-16(2,14-9-8-13(18)10-15(14)19)11-22(20,21)17-12-6-4-3-5-7-12/h8-10,12,17-19H,3-7,11H2,1-2H3. The van der Waals surface area contributed by atoms with Gasteiger partial charge in [-0.05, 0) is 18.9 Å². The predicted octanol–water partition coefficient (Wildman–Crippen LogP) is 2.63. The molecule has 124 valence electrons. The van der Waals surface area contributed by atoms with Crippen LogP contribution in [0, 0.1) is 0 Å². The van der Waals surface area contributed by atoms with Gasteiger partial charge in [0.05, 0.1) is 5.75 Å². The van der Waals surface area contributed by atoms with Crippen LogP contribution in [0.5, 0.6) is 11.5 Å². The molecule has 0 saturated heterocycles. The lowest BCUT2D eigenvalue weighted by molar-refractivity contribution is 0.408. The average Bonchev–Trinajstić information content (AvgIpc) is 2.37. The van der Waals surface area contributed by atoms with Crippen LogP contribution in [-0.4, -0.2) is 30.4 Å². The maximum Gasteiger partial charge on any atom is 0.212 e. The Balaban J connectivity index is 2.12. The third kappa shape index (κ3) is 4.36. The lowest BCUT2D eigenvalue weighted by Crippen LogP contribution is -2.42. The van der Waals surface area contributed by atoms with E-state index >= 15 is 0 Å². The first-order chi connectivity index (χ1) is 10.2. The van der Waals surface area contributed by atoms with Crippen LogP contribution in [-0.2, 0) is 15.4 Å². The molecule has 1 fully saturated rings. The molecule has 0 radical (unpaired) electrons. The minimum atomic E-state index is -3.44. The van der Waals surface area contributed by atoms with Crippen molar-refractivity contribution in [1.82, 2.24) is 4.72 Å². The first-order valence-corrected chi connectivity index (χ1v) is 9.37. The van der Waals surface area contributed by atoms with E-state index in [0.29, 0.717) is 5.56 Å². The van der Waals surface area contributed by atoms with Gasteiger partial charge in [0.25, 0.3) is 0 Å². The zero-order chi connectivity index (χ0) is 16.4. The molecule has 1 aromatic rings. The molecule has 0 aromatic heterocycles. The van der Waals surface area contributed by atoms with Crippen LogP contribution in [0.1, 0.15) is 51.5 Å². The predicted molar refractivity (Wildman–Crippen MR) is 86.6 cm³/mol. The number of sulfonamides is 1. The molecule has 1 aliphatic carbocycles. The molecule has 0 bridgehead atoms. The van der Waals surface area contributed by atoms with Crippen LogP contribution in [0.3, 0.4) is 0 Å². The molecule has 3 N–H and O–H groups in total. The number of rotatable bonds is 5. The van der Waals surface area contributed by atoms with Gasteiger partial charge in [-0.15, -0.1) is 0 Å². The maximum absolute atomic E-state index is 12.4. The Kier molecular flexibility index (Phi) is 5.02. The molecule has 6 heteroatoms. The van der Waals surface area contributed by atoms with Gasteiger partial charge in [-0.3, -0.25) is 0 Å². The third-order valence-corrected chi connectivity index (χ3v) is 6.01. The topological polar surface area (TPSA) is 86.6 Å². The first kappa shape index (κ1) is 17.1. The second-order valence-electron chi connectivity index (χ2n) is 6.80. The second-order valence-corrected chi connectivity index (χ2v) is 8.55. The van der Waals surface area contributed by atoms with Crippen molar-refractivity contribution in [2.75, 3.05) is 5.75 Å². The molecule has 0 spiro atoms. The van der Waals surface area contributed by atoms with E-state index < -0.39 is 15.4 Å². The fourth-order valence-corrected chi connectivity index (χ4v) is 5.09. The number of phenols is 2. The van der Waals surface area contributed by atoms with Crippen molar-refractivity contribution in [2.24, 2.45) is 0 Å². The van der Waals surface area contributed by atoms with Crippen molar-refractivity contribution in [3.8, 4) is 11.5 Å². The highest BCUT2D eigenvalue weighted by Gasteiger charge is 2.32. The van der Waals surface area contributed by atoms with E-state index in [4.69, 9.17) is 0 Å². The Labute approximate surface area is 132 Å². The Hall–Kier alpha value is -1.27. The lowest BCUT2D eigenvalue weighted by atomic mass is 9.86. The van der Waals surface area contributed by atoms with Gasteiger partial charge in [0, 0.05) is 23.1 Å². The highest BCUT2D eigenvalue weighted by Crippen LogP contribution is 2.34. The molecule has 2 rings (SSSR count). The smallest absolute Gasteiger partial charge is 0.212 e. The van der Waals surface area contributed by atoms with Crippen LogP contribution in [0.4, 0.5) is 0 Å². The summed E-state index contributed by atoms with van der Waals surface area (Å²) in [7, 11) is -3.44. The van der Waals surface area contributed by atoms with Gasteiger partial charge in [-0.1, -0.05) is 39.2 Å². The highest BCUT2D eigenvalue weighted by atomic mass is 32.2. The van der Waals surface area contributed by atoms with Gasteiger partial charge in [-0.25, -0.2) is 13.1 Å². The van der Waals surface area contributed by atoms with Gasteiger partial charge < -0.3 is 10.2 Å². The van der Waals surface area contributed by atoms with Crippen molar-refractivity contribution in [3.05, 3.63) is 23.8 Å². The summed E-state index contributed by atoms with van der Waals surface area (Å²) in [6.07, 6.45) is 5.09. The number of hydrogen-bond donors (Lipinski definition) is 3. The second kappa shape index (κ2) is 6.46. The van der Waals surface area contributed by atoms with Crippen LogP contribution < -0.4 is 4.72 Å². The van der Waals surface area contributed by atoms with Crippen LogP contribution in [0.25, 0.3) is 0 Å². The SMILES string of the molecule is CC(C)(CS(=O)(=O)NC1CCCCC1)c1ccc(O)cc1O. The maximum atomic E-state index is 12.4. The molecule has 1 saturated carbocycles. The first-order valence-electron chi connectivity index (χ1n) is 7.72. The van der Waals surface area contributed by atoms with E-state index in [0.717, 1.165) is 25.7 Å². The Morgan fingerprint density at radius 3 is 2.41 bits per heavy atom. The Morgan fingerprint density at radius 1 is 1.18 bits per heavy atom. The summed E-state index contributed by atoms with van der Waals surface area (Å²) in [5, 5.41) is 19.3. The lowest BCUT2D eigenvalue weighted by Gasteiger charge is -2.28. The molecule has 0 unspecified atom stereocenters. The highest BCUT2D eigenvalue weighted by molar-refractivity contribution is 7.89. The normalized spacial score (nSPS) is 17.5. The number of nitrogens with one attached hydrogen (secondary N) is 1. The van der Waals surface area contributed by atoms with E-state index in [-0.39, 0.29) is 23.3 Å². The van der Waals surface area contributed by atoms with Gasteiger partial charge in [0.1, 0.15) is 11.5 Å². The molecular weight excluding hydrogens is 302 g/mol. The number of aromatic hydroxyl groups is 2. The van der Waals surface area contributed by atoms with Gasteiger partial charge in [0.15, 0.2) is 0 Å². The quantitative estimate of drug-likeness (QED) is 0.776. The summed E-state index contributed by atoms with van der Waals surface area (Å²) in [6, 6.07) is 4.29. The molecule has 5 nitrogen and oxygen atoms in total. The van der Waals surface area contributed by atoms with Crippen LogP contribution in [0.2, 0.25) is 0 Å². The number of hydrogen-bond acceptors (Lipinski definition) is 4. The minimum Gasteiger partial charge on any atom is -0.508 e. The van der Waals surface area contributed by atoms with Crippen LogP contribution in [0.15, 0.2) is 18.2 Å². The zero-order valence-corrected chi connectivity index (χ0v) is 14.0. The van der Waals surface area contributed by atoms with E-state index in [2.05, 4.69) is 4.72 Å². The molecular formula is C16H25NO4S. The number of benzene rings is 1. The van der Waals surface area contributed by atoms with Crippen molar-refractivity contribution in [2.45, 2.75) is 57.4 Å². The van der Waals surface area contributed by atoms with Crippen molar-refractivity contribution in [1.29, 1.82) is 0 Å². The summed E-state index contributed by atoms with van der Waals surface area (Å²) < 4.78 is 27.6. The largest absolute Gasteiger partial charge is 0.508 e. The Morgan fingerprint density at radius 2 is 1.82 bits per heavy atom. The van der Waals surface area contributed by atoms with Gasteiger partial charge >= 0.3 is 0 Å². The summed E-state index contributed by atoms with van der Waals surface area (Å²) in [5.41, 5.74) is -0.238. The minimum absolute atomic E-state index is 0.0305. The average molecular weight is 327 g/mol.